The summed E-state index contributed by atoms with van der Waals surface area (Å²) >= 11 is 0. The Morgan fingerprint density at radius 3 is 2.60 bits per heavy atom. The molecule has 0 unspecified atom stereocenters. The topological polar surface area (TPSA) is 131 Å². The Hall–Kier alpha value is -2.72. The van der Waals surface area contributed by atoms with Gasteiger partial charge in [-0.2, -0.15) is 0 Å². The number of amides is 2. The first-order valence-electron chi connectivity index (χ1n) is 7.15. The van der Waals surface area contributed by atoms with Crippen LogP contribution in [0, 0.1) is 0 Å². The van der Waals surface area contributed by atoms with Crippen LogP contribution >= 0.6 is 0 Å². The summed E-state index contributed by atoms with van der Waals surface area (Å²) in [6, 6.07) is 5.19. The summed E-state index contributed by atoms with van der Waals surface area (Å²) in [5.41, 5.74) is -0.0272. The maximum Gasteiger partial charge on any atom is 0.338 e. The lowest BCUT2D eigenvalue weighted by atomic mass is 10.2. The standard InChI is InChI=1S/C15H19N3O6S/c1-3-7-18-25(22,23)12-6-4-5-11(8-12)15(21)24-10-14(20)17-9-13(19)16-2/h3-6,8,18H,1,7,9-10H2,2H3,(H,16,19)(H,17,20). The van der Waals surface area contributed by atoms with Gasteiger partial charge in [-0.1, -0.05) is 12.1 Å². The molecule has 0 aromatic heterocycles. The van der Waals surface area contributed by atoms with Crippen molar-refractivity contribution in [1.29, 1.82) is 0 Å². The van der Waals surface area contributed by atoms with Gasteiger partial charge in [-0.25, -0.2) is 17.9 Å². The van der Waals surface area contributed by atoms with E-state index in [1.807, 2.05) is 0 Å². The summed E-state index contributed by atoms with van der Waals surface area (Å²) in [4.78, 5) is 34.2. The van der Waals surface area contributed by atoms with Gasteiger partial charge in [0.2, 0.25) is 15.9 Å². The third-order valence-corrected chi connectivity index (χ3v) is 4.28. The van der Waals surface area contributed by atoms with E-state index < -0.39 is 34.4 Å². The molecule has 0 spiro atoms. The second-order valence-electron chi connectivity index (χ2n) is 4.69. The Balaban J connectivity index is 2.67. The van der Waals surface area contributed by atoms with Gasteiger partial charge >= 0.3 is 5.97 Å². The fourth-order valence-corrected chi connectivity index (χ4v) is 2.62. The average Bonchev–Trinajstić information content (AvgIpc) is 2.62. The van der Waals surface area contributed by atoms with E-state index >= 15 is 0 Å². The molecule has 1 aromatic rings. The SMILES string of the molecule is C=CCNS(=O)(=O)c1cccc(C(=O)OCC(=O)NCC(=O)NC)c1. The first kappa shape index (κ1) is 20.3. The molecular weight excluding hydrogens is 350 g/mol. The minimum Gasteiger partial charge on any atom is -0.452 e. The maximum absolute atomic E-state index is 12.0. The van der Waals surface area contributed by atoms with Crippen LogP contribution < -0.4 is 15.4 Å². The highest BCUT2D eigenvalue weighted by molar-refractivity contribution is 7.89. The Morgan fingerprint density at radius 1 is 1.24 bits per heavy atom. The third-order valence-electron chi connectivity index (χ3n) is 2.86. The number of esters is 1. The van der Waals surface area contributed by atoms with Crippen molar-refractivity contribution < 1.29 is 27.5 Å². The van der Waals surface area contributed by atoms with Crippen molar-refractivity contribution >= 4 is 27.8 Å². The summed E-state index contributed by atoms with van der Waals surface area (Å²) in [6.45, 7) is 2.62. The Labute approximate surface area is 145 Å². The molecule has 0 saturated carbocycles. The number of ether oxygens (including phenoxy) is 1. The molecule has 3 N–H and O–H groups in total. The van der Waals surface area contributed by atoms with Crippen molar-refractivity contribution in [2.75, 3.05) is 26.7 Å². The van der Waals surface area contributed by atoms with Crippen LogP contribution in [0.5, 0.6) is 0 Å². The molecule has 0 fully saturated rings. The monoisotopic (exact) mass is 369 g/mol. The van der Waals surface area contributed by atoms with E-state index in [0.717, 1.165) is 6.07 Å². The molecule has 0 heterocycles. The predicted molar refractivity (Wildman–Crippen MR) is 89.2 cm³/mol. The van der Waals surface area contributed by atoms with Gasteiger partial charge in [0.05, 0.1) is 17.0 Å². The van der Waals surface area contributed by atoms with Gasteiger partial charge in [0.15, 0.2) is 6.61 Å². The number of hydrogen-bond acceptors (Lipinski definition) is 6. The molecule has 10 heteroatoms. The van der Waals surface area contributed by atoms with Crippen LogP contribution in [0.3, 0.4) is 0 Å². The molecular formula is C15H19N3O6S. The van der Waals surface area contributed by atoms with Crippen molar-refractivity contribution in [3.05, 3.63) is 42.5 Å². The molecule has 0 aliphatic carbocycles. The first-order valence-corrected chi connectivity index (χ1v) is 8.63. The number of carbonyl (C=O) groups is 3. The molecule has 0 aliphatic heterocycles. The number of nitrogens with one attached hydrogen (secondary N) is 3. The number of carbonyl (C=O) groups excluding carboxylic acids is 3. The summed E-state index contributed by atoms with van der Waals surface area (Å²) in [7, 11) is -2.37. The summed E-state index contributed by atoms with van der Waals surface area (Å²) in [5.74, 6) is -1.92. The average molecular weight is 369 g/mol. The number of likely N-dealkylation sites (N-methyl/N-ethyl adjacent to an activating group) is 1. The molecule has 9 nitrogen and oxygen atoms in total. The van der Waals surface area contributed by atoms with Crippen LogP contribution in [0.2, 0.25) is 0 Å². The quantitative estimate of drug-likeness (QED) is 0.385. The summed E-state index contributed by atoms with van der Waals surface area (Å²) < 4.78 is 31.1. The number of benzene rings is 1. The summed E-state index contributed by atoms with van der Waals surface area (Å²) in [5, 5.41) is 4.57. The van der Waals surface area contributed by atoms with E-state index in [0.29, 0.717) is 0 Å². The van der Waals surface area contributed by atoms with Crippen LogP contribution in [0.1, 0.15) is 10.4 Å². The number of hydrogen-bond donors (Lipinski definition) is 3. The van der Waals surface area contributed by atoms with Gasteiger partial charge in [-0.3, -0.25) is 9.59 Å². The zero-order valence-electron chi connectivity index (χ0n) is 13.6. The molecule has 1 aromatic carbocycles. The van der Waals surface area contributed by atoms with Crippen molar-refractivity contribution in [3.8, 4) is 0 Å². The normalized spacial score (nSPS) is 10.6. The fourth-order valence-electron chi connectivity index (χ4n) is 1.57. The summed E-state index contributed by atoms with van der Waals surface area (Å²) in [6.07, 6.45) is 1.38. The Morgan fingerprint density at radius 2 is 1.96 bits per heavy atom. The number of sulfonamides is 1. The van der Waals surface area contributed by atoms with Gasteiger partial charge < -0.3 is 15.4 Å². The van der Waals surface area contributed by atoms with E-state index in [4.69, 9.17) is 4.74 Å². The van der Waals surface area contributed by atoms with E-state index in [1.165, 1.54) is 31.3 Å². The van der Waals surface area contributed by atoms with Gasteiger partial charge in [-0.15, -0.1) is 6.58 Å². The highest BCUT2D eigenvalue weighted by Gasteiger charge is 2.17. The van der Waals surface area contributed by atoms with Gasteiger partial charge in [-0.05, 0) is 18.2 Å². The highest BCUT2D eigenvalue weighted by atomic mass is 32.2. The maximum atomic E-state index is 12.0. The second-order valence-corrected chi connectivity index (χ2v) is 6.46. The van der Waals surface area contributed by atoms with E-state index in [1.54, 1.807) is 0 Å². The highest BCUT2D eigenvalue weighted by Crippen LogP contribution is 2.12. The van der Waals surface area contributed by atoms with Crippen LogP contribution in [-0.2, 0) is 24.3 Å². The first-order chi connectivity index (χ1) is 11.8. The van der Waals surface area contributed by atoms with Crippen LogP contribution in [-0.4, -0.2) is 52.9 Å². The van der Waals surface area contributed by atoms with Crippen LogP contribution in [0.4, 0.5) is 0 Å². The van der Waals surface area contributed by atoms with E-state index in [-0.39, 0.29) is 23.5 Å². The minimum atomic E-state index is -3.78. The molecule has 0 aliphatic rings. The molecule has 25 heavy (non-hydrogen) atoms. The van der Waals surface area contributed by atoms with Crippen LogP contribution in [0.25, 0.3) is 0 Å². The lowest BCUT2D eigenvalue weighted by molar-refractivity contribution is -0.127. The number of rotatable bonds is 9. The predicted octanol–water partition coefficient (Wildman–Crippen LogP) is -0.830. The van der Waals surface area contributed by atoms with Crippen molar-refractivity contribution in [3.63, 3.8) is 0 Å². The Kier molecular flexibility index (Phi) is 7.76. The second kappa shape index (κ2) is 9.55. The molecule has 1 rings (SSSR count). The molecule has 0 radical (unpaired) electrons. The minimum absolute atomic E-state index is 0.0272. The van der Waals surface area contributed by atoms with Gasteiger partial charge in [0.25, 0.3) is 5.91 Å². The largest absolute Gasteiger partial charge is 0.452 e. The Bertz CT molecular complexity index is 760. The molecule has 136 valence electrons. The van der Waals surface area contributed by atoms with Gasteiger partial charge in [0, 0.05) is 13.6 Å². The molecule has 0 bridgehead atoms. The smallest absolute Gasteiger partial charge is 0.338 e. The lowest BCUT2D eigenvalue weighted by Gasteiger charge is -2.08. The molecule has 0 atom stereocenters. The van der Waals surface area contributed by atoms with E-state index in [9.17, 15) is 22.8 Å². The van der Waals surface area contributed by atoms with Crippen molar-refractivity contribution in [1.82, 2.24) is 15.4 Å². The van der Waals surface area contributed by atoms with Crippen molar-refractivity contribution in [2.45, 2.75) is 4.90 Å². The van der Waals surface area contributed by atoms with Gasteiger partial charge in [0.1, 0.15) is 0 Å². The van der Waals surface area contributed by atoms with Crippen LogP contribution in [0.15, 0.2) is 41.8 Å². The zero-order chi connectivity index (χ0) is 18.9. The van der Waals surface area contributed by atoms with E-state index in [2.05, 4.69) is 21.9 Å². The zero-order valence-corrected chi connectivity index (χ0v) is 14.4. The third kappa shape index (κ3) is 6.73. The fraction of sp³-hybridized carbons (Fsp3) is 0.267. The van der Waals surface area contributed by atoms with Crippen molar-refractivity contribution in [2.24, 2.45) is 0 Å². The molecule has 2 amide bonds. The molecule has 0 saturated heterocycles. The lowest BCUT2D eigenvalue weighted by Crippen LogP contribution is -2.37.